The second-order valence-corrected chi connectivity index (χ2v) is 9.31. The normalized spacial score (nSPS) is 24.8. The highest BCUT2D eigenvalue weighted by Gasteiger charge is 2.38. The third kappa shape index (κ3) is 3.14. The molecule has 2 aromatic rings. The minimum Gasteiger partial charge on any atom is -0.460 e. The zero-order valence-corrected chi connectivity index (χ0v) is 15.7. The fourth-order valence-corrected chi connectivity index (χ4v) is 5.83. The molecule has 1 aromatic carbocycles. The minimum absolute atomic E-state index is 0.00495. The van der Waals surface area contributed by atoms with Crippen LogP contribution in [-0.4, -0.2) is 55.0 Å². The molecule has 2 aliphatic heterocycles. The average Bonchev–Trinajstić information content (AvgIpc) is 3.23. The van der Waals surface area contributed by atoms with Gasteiger partial charge in [-0.25, -0.2) is 8.42 Å². The van der Waals surface area contributed by atoms with Gasteiger partial charge in [0.1, 0.15) is 11.3 Å². The number of piperidine rings is 1. The van der Waals surface area contributed by atoms with Gasteiger partial charge in [0.15, 0.2) is 0 Å². The van der Waals surface area contributed by atoms with E-state index < -0.39 is 10.0 Å². The van der Waals surface area contributed by atoms with Gasteiger partial charge in [-0.1, -0.05) is 18.2 Å². The highest BCUT2D eigenvalue weighted by atomic mass is 32.2. The summed E-state index contributed by atoms with van der Waals surface area (Å²) in [6.07, 6.45) is 2.33. The third-order valence-corrected chi connectivity index (χ3v) is 7.50. The molecule has 2 saturated heterocycles. The lowest BCUT2D eigenvalue weighted by atomic mass is 10.0. The largest absolute Gasteiger partial charge is 0.460 e. The number of sulfonamides is 1. The van der Waals surface area contributed by atoms with E-state index in [9.17, 15) is 13.2 Å². The number of hydrogen-bond donors (Lipinski definition) is 0. The Morgan fingerprint density at radius 2 is 2.04 bits per heavy atom. The quantitative estimate of drug-likeness (QED) is 0.825. The number of para-hydroxylation sites is 1. The van der Waals surface area contributed by atoms with Crippen molar-refractivity contribution in [2.75, 3.05) is 25.4 Å². The number of amides is 1. The molecule has 0 spiro atoms. The van der Waals surface area contributed by atoms with Gasteiger partial charge in [-0.15, -0.1) is 0 Å². The van der Waals surface area contributed by atoms with Gasteiger partial charge in [0.05, 0.1) is 11.7 Å². The van der Waals surface area contributed by atoms with Crippen molar-refractivity contribution in [3.63, 3.8) is 0 Å². The van der Waals surface area contributed by atoms with Crippen molar-refractivity contribution in [3.05, 3.63) is 36.1 Å². The molecule has 2 aliphatic rings. The summed E-state index contributed by atoms with van der Waals surface area (Å²) in [5.41, 5.74) is 0.779. The van der Waals surface area contributed by atoms with Gasteiger partial charge in [-0.2, -0.15) is 4.31 Å². The number of fused-ring (bicyclic) bond motifs is 1. The molecular formula is C19H24N2O4S. The first-order valence-corrected chi connectivity index (χ1v) is 10.8. The molecule has 6 nitrogen and oxygen atoms in total. The average molecular weight is 376 g/mol. The molecule has 7 heteroatoms. The van der Waals surface area contributed by atoms with Gasteiger partial charge in [0.25, 0.3) is 0 Å². The summed E-state index contributed by atoms with van der Waals surface area (Å²) in [5, 5.41) is 0.988. The van der Waals surface area contributed by atoms with Gasteiger partial charge < -0.3 is 9.32 Å². The van der Waals surface area contributed by atoms with Crippen LogP contribution in [0.5, 0.6) is 0 Å². The molecule has 4 rings (SSSR count). The van der Waals surface area contributed by atoms with Gasteiger partial charge in [0, 0.05) is 31.1 Å². The first kappa shape index (κ1) is 17.5. The summed E-state index contributed by atoms with van der Waals surface area (Å²) in [7, 11) is -3.15. The van der Waals surface area contributed by atoms with Crippen LogP contribution >= 0.6 is 0 Å². The zero-order valence-electron chi connectivity index (χ0n) is 14.9. The number of benzene rings is 1. The number of hydrogen-bond acceptors (Lipinski definition) is 4. The van der Waals surface area contributed by atoms with Crippen molar-refractivity contribution >= 4 is 26.9 Å². The van der Waals surface area contributed by atoms with E-state index in [0.29, 0.717) is 31.8 Å². The van der Waals surface area contributed by atoms with Gasteiger partial charge in [0.2, 0.25) is 15.9 Å². The Bertz CT molecular complexity index is 888. The first-order chi connectivity index (χ1) is 12.5. The van der Waals surface area contributed by atoms with Gasteiger partial charge in [-0.3, -0.25) is 4.79 Å². The number of nitrogens with zero attached hydrogens (tertiary/aromatic N) is 2. The number of furan rings is 1. The summed E-state index contributed by atoms with van der Waals surface area (Å²) in [4.78, 5) is 14.8. The maximum atomic E-state index is 13.0. The van der Waals surface area contributed by atoms with Crippen LogP contribution in [0.15, 0.2) is 34.7 Å². The molecule has 0 saturated carbocycles. The molecule has 0 N–H and O–H groups in total. The third-order valence-electron chi connectivity index (χ3n) is 5.50. The van der Waals surface area contributed by atoms with Crippen LogP contribution in [0.3, 0.4) is 0 Å². The number of carbonyl (C=O) groups excluding carboxylic acids is 1. The monoisotopic (exact) mass is 376 g/mol. The first-order valence-electron chi connectivity index (χ1n) is 9.22. The summed E-state index contributed by atoms with van der Waals surface area (Å²) < 4.78 is 31.9. The summed E-state index contributed by atoms with van der Waals surface area (Å²) >= 11 is 0. The highest BCUT2D eigenvalue weighted by molar-refractivity contribution is 7.89. The van der Waals surface area contributed by atoms with Crippen LogP contribution in [0.1, 0.15) is 37.9 Å². The van der Waals surface area contributed by atoms with Crippen molar-refractivity contribution in [2.45, 2.75) is 38.1 Å². The standard InChI is InChI=1S/C19H24N2O4S/c1-14(18-12-15-6-2-3-8-17(15)25-18)19(22)20-9-4-7-16(13-20)21-10-5-11-26(21,23)24/h2-3,6,8,12,14,16H,4-5,7,9-11,13H2,1H3/t14-,16-/m1/s1. The fourth-order valence-electron chi connectivity index (χ4n) is 4.07. The lowest BCUT2D eigenvalue weighted by Gasteiger charge is -2.37. The minimum atomic E-state index is -3.15. The van der Waals surface area contributed by atoms with Crippen LogP contribution in [0.4, 0.5) is 0 Å². The number of carbonyl (C=O) groups is 1. The predicted molar refractivity (Wildman–Crippen MR) is 99.3 cm³/mol. The van der Waals surface area contributed by atoms with E-state index in [1.807, 2.05) is 37.3 Å². The Labute approximate surface area is 153 Å². The molecule has 3 heterocycles. The molecule has 0 aliphatic carbocycles. The topological polar surface area (TPSA) is 70.8 Å². The maximum absolute atomic E-state index is 13.0. The Kier molecular flexibility index (Phi) is 4.52. The summed E-state index contributed by atoms with van der Waals surface area (Å²) in [6.45, 7) is 3.58. The molecule has 2 atom stereocenters. The molecular weight excluding hydrogens is 352 g/mol. The van der Waals surface area contributed by atoms with Crippen LogP contribution in [-0.2, 0) is 14.8 Å². The fraction of sp³-hybridized carbons (Fsp3) is 0.526. The van der Waals surface area contributed by atoms with Crippen molar-refractivity contribution < 1.29 is 17.6 Å². The highest BCUT2D eigenvalue weighted by Crippen LogP contribution is 2.29. The van der Waals surface area contributed by atoms with Crippen LogP contribution < -0.4 is 0 Å². The van der Waals surface area contributed by atoms with E-state index in [-0.39, 0.29) is 23.6 Å². The molecule has 1 aromatic heterocycles. The van der Waals surface area contributed by atoms with Crippen LogP contribution in [0, 0.1) is 0 Å². The molecule has 0 unspecified atom stereocenters. The smallest absolute Gasteiger partial charge is 0.233 e. The molecule has 140 valence electrons. The Morgan fingerprint density at radius 3 is 2.77 bits per heavy atom. The number of likely N-dealkylation sites (tertiary alicyclic amines) is 1. The van der Waals surface area contributed by atoms with Gasteiger partial charge in [-0.05, 0) is 38.3 Å². The molecule has 0 radical (unpaired) electrons. The number of rotatable bonds is 3. The Balaban J connectivity index is 1.50. The summed E-state index contributed by atoms with van der Waals surface area (Å²) in [6, 6.07) is 9.54. The molecule has 1 amide bonds. The van der Waals surface area contributed by atoms with E-state index in [1.165, 1.54) is 0 Å². The van der Waals surface area contributed by atoms with E-state index in [0.717, 1.165) is 23.8 Å². The van der Waals surface area contributed by atoms with E-state index in [1.54, 1.807) is 9.21 Å². The van der Waals surface area contributed by atoms with E-state index in [4.69, 9.17) is 4.42 Å². The van der Waals surface area contributed by atoms with E-state index >= 15 is 0 Å². The van der Waals surface area contributed by atoms with Crippen molar-refractivity contribution in [1.82, 2.24) is 9.21 Å². The van der Waals surface area contributed by atoms with Crippen LogP contribution in [0.25, 0.3) is 11.0 Å². The van der Waals surface area contributed by atoms with Gasteiger partial charge >= 0.3 is 0 Å². The second kappa shape index (κ2) is 6.70. The lowest BCUT2D eigenvalue weighted by molar-refractivity contribution is -0.134. The Hall–Kier alpha value is -1.86. The molecule has 0 bridgehead atoms. The SMILES string of the molecule is C[C@@H](C(=O)N1CCC[C@@H](N2CCCS2(=O)=O)C1)c1cc2ccccc2o1. The summed E-state index contributed by atoms with van der Waals surface area (Å²) in [5.74, 6) is 0.515. The van der Waals surface area contributed by atoms with Crippen molar-refractivity contribution in [3.8, 4) is 0 Å². The maximum Gasteiger partial charge on any atom is 0.233 e. The zero-order chi connectivity index (χ0) is 18.3. The predicted octanol–water partition coefficient (Wildman–Crippen LogP) is 2.56. The van der Waals surface area contributed by atoms with E-state index in [2.05, 4.69) is 0 Å². The molecule has 2 fully saturated rings. The second-order valence-electron chi connectivity index (χ2n) is 7.27. The van der Waals surface area contributed by atoms with Crippen molar-refractivity contribution in [2.24, 2.45) is 0 Å². The Morgan fingerprint density at radius 1 is 1.23 bits per heavy atom. The van der Waals surface area contributed by atoms with Crippen LogP contribution in [0.2, 0.25) is 0 Å². The lowest BCUT2D eigenvalue weighted by Crippen LogP contribution is -2.51. The van der Waals surface area contributed by atoms with Crippen molar-refractivity contribution in [1.29, 1.82) is 0 Å². The molecule has 26 heavy (non-hydrogen) atoms.